The number of aromatic nitrogens is 2. The van der Waals surface area contributed by atoms with E-state index in [1.54, 1.807) is 13.2 Å². The first-order valence-corrected chi connectivity index (χ1v) is 6.08. The predicted octanol–water partition coefficient (Wildman–Crippen LogP) is 1.65. The summed E-state index contributed by atoms with van der Waals surface area (Å²) in [5, 5.41) is 8.02. The van der Waals surface area contributed by atoms with Crippen LogP contribution in [0, 0.1) is 5.82 Å². The van der Waals surface area contributed by atoms with Gasteiger partial charge in [-0.2, -0.15) is 0 Å². The molecule has 0 saturated carbocycles. The van der Waals surface area contributed by atoms with Crippen molar-refractivity contribution in [3.05, 3.63) is 40.2 Å². The normalized spacial score (nSPS) is 10.1. The van der Waals surface area contributed by atoms with Crippen LogP contribution < -0.4 is 10.6 Å². The number of anilines is 1. The topological polar surface area (TPSA) is 66.9 Å². The summed E-state index contributed by atoms with van der Waals surface area (Å²) in [6, 6.07) is 1.15. The highest BCUT2D eigenvalue weighted by Crippen LogP contribution is 2.13. The van der Waals surface area contributed by atoms with Crippen LogP contribution in [0.4, 0.5) is 10.2 Å². The van der Waals surface area contributed by atoms with Gasteiger partial charge in [-0.05, 0) is 6.07 Å². The maximum absolute atomic E-state index is 13.1. The number of amides is 1. The van der Waals surface area contributed by atoms with E-state index in [-0.39, 0.29) is 11.5 Å². The number of carbonyl (C=O) groups excluding carboxylic acids is 1. The first-order valence-electron chi connectivity index (χ1n) is 5.20. The van der Waals surface area contributed by atoms with Gasteiger partial charge < -0.3 is 10.6 Å². The van der Waals surface area contributed by atoms with Crippen LogP contribution in [0.15, 0.2) is 23.8 Å². The Hall–Kier alpha value is -2.02. The molecule has 2 aromatic heterocycles. The van der Waals surface area contributed by atoms with Gasteiger partial charge in [-0.25, -0.2) is 14.4 Å². The van der Waals surface area contributed by atoms with Gasteiger partial charge in [0.05, 0.1) is 18.3 Å². The highest BCUT2D eigenvalue weighted by atomic mass is 32.1. The van der Waals surface area contributed by atoms with Crippen molar-refractivity contribution in [3.63, 3.8) is 0 Å². The molecule has 7 heteroatoms. The Bertz CT molecular complexity index is 544. The summed E-state index contributed by atoms with van der Waals surface area (Å²) < 4.78 is 13.1. The molecule has 94 valence electrons. The maximum atomic E-state index is 13.1. The Morgan fingerprint density at radius 1 is 1.50 bits per heavy atom. The molecule has 0 fully saturated rings. The molecule has 0 spiro atoms. The third-order valence-corrected chi connectivity index (χ3v) is 3.00. The monoisotopic (exact) mass is 266 g/mol. The maximum Gasteiger partial charge on any atom is 0.255 e. The van der Waals surface area contributed by atoms with E-state index in [9.17, 15) is 9.18 Å². The van der Waals surface area contributed by atoms with Crippen LogP contribution in [0.2, 0.25) is 0 Å². The molecule has 2 N–H and O–H groups in total. The second kappa shape index (κ2) is 5.54. The van der Waals surface area contributed by atoms with E-state index in [2.05, 4.69) is 20.6 Å². The SMILES string of the molecule is CNc1ncc(F)cc1C(=O)NCc1nccs1. The lowest BCUT2D eigenvalue weighted by Crippen LogP contribution is -2.24. The van der Waals surface area contributed by atoms with Crippen LogP contribution in [0.1, 0.15) is 15.4 Å². The summed E-state index contributed by atoms with van der Waals surface area (Å²) >= 11 is 1.44. The zero-order chi connectivity index (χ0) is 13.0. The van der Waals surface area contributed by atoms with Gasteiger partial charge in [-0.3, -0.25) is 4.79 Å². The number of rotatable bonds is 4. The third-order valence-electron chi connectivity index (χ3n) is 2.22. The van der Waals surface area contributed by atoms with Crippen molar-refractivity contribution in [1.82, 2.24) is 15.3 Å². The molecule has 0 saturated heterocycles. The molecule has 0 aliphatic carbocycles. The van der Waals surface area contributed by atoms with E-state index < -0.39 is 5.82 Å². The molecule has 18 heavy (non-hydrogen) atoms. The molecule has 2 aromatic rings. The number of nitrogens with one attached hydrogen (secondary N) is 2. The Morgan fingerprint density at radius 2 is 2.33 bits per heavy atom. The molecule has 0 aromatic carbocycles. The smallest absolute Gasteiger partial charge is 0.255 e. The fraction of sp³-hybridized carbons (Fsp3) is 0.182. The van der Waals surface area contributed by atoms with Crippen LogP contribution in [-0.4, -0.2) is 22.9 Å². The van der Waals surface area contributed by atoms with Crippen molar-refractivity contribution in [2.75, 3.05) is 12.4 Å². The van der Waals surface area contributed by atoms with Crippen LogP contribution in [0.5, 0.6) is 0 Å². The van der Waals surface area contributed by atoms with Crippen molar-refractivity contribution >= 4 is 23.1 Å². The summed E-state index contributed by atoms with van der Waals surface area (Å²) in [6.07, 6.45) is 2.72. The Kier molecular flexibility index (Phi) is 3.83. The minimum atomic E-state index is -0.548. The predicted molar refractivity (Wildman–Crippen MR) is 67.0 cm³/mol. The summed E-state index contributed by atoms with van der Waals surface area (Å²) in [6.45, 7) is 0.316. The van der Waals surface area contributed by atoms with Crippen LogP contribution in [0.3, 0.4) is 0 Å². The molecular formula is C11H11FN4OS. The second-order valence-corrected chi connectivity index (χ2v) is 4.39. The number of pyridine rings is 1. The van der Waals surface area contributed by atoms with Gasteiger partial charge >= 0.3 is 0 Å². The van der Waals surface area contributed by atoms with Crippen molar-refractivity contribution in [2.24, 2.45) is 0 Å². The number of nitrogens with zero attached hydrogens (tertiary/aromatic N) is 2. The van der Waals surface area contributed by atoms with Crippen molar-refractivity contribution < 1.29 is 9.18 Å². The summed E-state index contributed by atoms with van der Waals surface area (Å²) in [5.41, 5.74) is 0.175. The van der Waals surface area contributed by atoms with E-state index in [1.807, 2.05) is 5.38 Å². The van der Waals surface area contributed by atoms with Gasteiger partial charge in [-0.15, -0.1) is 11.3 Å². The van der Waals surface area contributed by atoms with E-state index in [0.717, 1.165) is 17.3 Å². The average Bonchev–Trinajstić information content (AvgIpc) is 2.89. The Labute approximate surface area is 107 Å². The van der Waals surface area contributed by atoms with Crippen molar-refractivity contribution in [3.8, 4) is 0 Å². The largest absolute Gasteiger partial charge is 0.372 e. The molecular weight excluding hydrogens is 255 g/mol. The lowest BCUT2D eigenvalue weighted by molar-refractivity contribution is 0.0951. The number of hydrogen-bond donors (Lipinski definition) is 2. The van der Waals surface area contributed by atoms with E-state index in [0.29, 0.717) is 12.4 Å². The van der Waals surface area contributed by atoms with Gasteiger partial charge in [0, 0.05) is 18.6 Å². The zero-order valence-corrected chi connectivity index (χ0v) is 10.4. The van der Waals surface area contributed by atoms with E-state index in [1.165, 1.54) is 11.3 Å². The minimum Gasteiger partial charge on any atom is -0.372 e. The second-order valence-electron chi connectivity index (χ2n) is 3.41. The van der Waals surface area contributed by atoms with Crippen molar-refractivity contribution in [2.45, 2.75) is 6.54 Å². The molecule has 1 amide bonds. The van der Waals surface area contributed by atoms with Gasteiger partial charge in [-0.1, -0.05) is 0 Å². The molecule has 2 heterocycles. The number of thiazole rings is 1. The van der Waals surface area contributed by atoms with Gasteiger partial charge in [0.25, 0.3) is 5.91 Å². The summed E-state index contributed by atoms with van der Waals surface area (Å²) in [5.74, 6) is -0.594. The standard InChI is InChI=1S/C11H11FN4OS/c1-13-10-8(4-7(12)5-15-10)11(17)16-6-9-14-2-3-18-9/h2-5H,6H2,1H3,(H,13,15)(H,16,17). The fourth-order valence-corrected chi connectivity index (χ4v) is 1.96. The molecule has 0 unspecified atom stereocenters. The molecule has 0 atom stereocenters. The quantitative estimate of drug-likeness (QED) is 0.883. The first-order chi connectivity index (χ1) is 8.70. The Balaban J connectivity index is 2.10. The Morgan fingerprint density at radius 3 is 3.00 bits per heavy atom. The van der Waals surface area contributed by atoms with Gasteiger partial charge in [0.15, 0.2) is 0 Å². The molecule has 2 rings (SSSR count). The van der Waals surface area contributed by atoms with Crippen LogP contribution in [0.25, 0.3) is 0 Å². The highest BCUT2D eigenvalue weighted by Gasteiger charge is 2.13. The molecule has 0 aliphatic rings. The van der Waals surface area contributed by atoms with Crippen LogP contribution in [-0.2, 0) is 6.54 Å². The highest BCUT2D eigenvalue weighted by molar-refractivity contribution is 7.09. The fourth-order valence-electron chi connectivity index (χ4n) is 1.40. The molecule has 0 radical (unpaired) electrons. The lowest BCUT2D eigenvalue weighted by Gasteiger charge is -2.08. The third kappa shape index (κ3) is 2.80. The minimum absolute atomic E-state index is 0.175. The molecule has 5 nitrogen and oxygen atoms in total. The van der Waals surface area contributed by atoms with Crippen molar-refractivity contribution in [1.29, 1.82) is 0 Å². The van der Waals surface area contributed by atoms with E-state index in [4.69, 9.17) is 0 Å². The number of halogens is 1. The summed E-state index contributed by atoms with van der Waals surface area (Å²) in [7, 11) is 1.62. The van der Waals surface area contributed by atoms with E-state index >= 15 is 0 Å². The zero-order valence-electron chi connectivity index (χ0n) is 9.61. The lowest BCUT2D eigenvalue weighted by atomic mass is 10.2. The molecule has 0 bridgehead atoms. The van der Waals surface area contributed by atoms with Gasteiger partial charge in [0.1, 0.15) is 16.6 Å². The van der Waals surface area contributed by atoms with Gasteiger partial charge in [0.2, 0.25) is 0 Å². The van der Waals surface area contributed by atoms with Crippen LogP contribution >= 0.6 is 11.3 Å². The summed E-state index contributed by atoms with van der Waals surface area (Å²) in [4.78, 5) is 19.7. The number of hydrogen-bond acceptors (Lipinski definition) is 5. The molecule has 0 aliphatic heterocycles. The first kappa shape index (κ1) is 12.4. The average molecular weight is 266 g/mol. The number of carbonyl (C=O) groups is 1.